The summed E-state index contributed by atoms with van der Waals surface area (Å²) >= 11 is 8.46. The van der Waals surface area contributed by atoms with Crippen LogP contribution in [-0.2, 0) is 16.4 Å². The molecule has 2 heterocycles. The molecular formula is C20H16ClFN4O2S3. The Balaban J connectivity index is 1.51. The minimum absolute atomic E-state index is 0.177. The molecule has 2 aromatic carbocycles. The Morgan fingerprint density at radius 3 is 2.61 bits per heavy atom. The third-order valence-electron chi connectivity index (χ3n) is 4.37. The summed E-state index contributed by atoms with van der Waals surface area (Å²) in [5.74, 6) is -0.855. The summed E-state index contributed by atoms with van der Waals surface area (Å²) in [6.45, 7) is 0. The zero-order valence-corrected chi connectivity index (χ0v) is 19.3. The van der Waals surface area contributed by atoms with Crippen LogP contribution in [0.1, 0.15) is 11.3 Å². The minimum atomic E-state index is -4.07. The fraction of sp³-hybridized carbons (Fsp3) is 0.100. The van der Waals surface area contributed by atoms with Crippen LogP contribution in [0.2, 0.25) is 5.02 Å². The van der Waals surface area contributed by atoms with Crippen LogP contribution in [0.5, 0.6) is 0 Å². The van der Waals surface area contributed by atoms with Gasteiger partial charge in [-0.15, -0.1) is 22.7 Å². The second kappa shape index (κ2) is 8.91. The SMILES string of the molecule is CN(c1ccc(S(=O)(=O)Nc2nccs2)c(F)c1)c1nc(Cc2ccc(Cl)cc2)cs1. The number of sulfonamides is 1. The summed E-state index contributed by atoms with van der Waals surface area (Å²) in [7, 11) is -2.32. The molecule has 31 heavy (non-hydrogen) atoms. The van der Waals surface area contributed by atoms with E-state index in [-0.39, 0.29) is 5.13 Å². The van der Waals surface area contributed by atoms with Gasteiger partial charge in [0, 0.05) is 41.1 Å². The van der Waals surface area contributed by atoms with Crippen molar-refractivity contribution in [2.75, 3.05) is 16.7 Å². The number of halogens is 2. The number of hydrogen-bond acceptors (Lipinski definition) is 7. The van der Waals surface area contributed by atoms with Crippen LogP contribution < -0.4 is 9.62 Å². The Labute approximate surface area is 192 Å². The van der Waals surface area contributed by atoms with E-state index in [4.69, 9.17) is 11.6 Å². The topological polar surface area (TPSA) is 75.2 Å². The van der Waals surface area contributed by atoms with Crippen LogP contribution in [-0.4, -0.2) is 25.4 Å². The van der Waals surface area contributed by atoms with Gasteiger partial charge in [-0.05, 0) is 35.9 Å². The highest BCUT2D eigenvalue weighted by atomic mass is 35.5. The first-order chi connectivity index (χ1) is 14.8. The maximum absolute atomic E-state index is 14.7. The Kier molecular flexibility index (Phi) is 6.24. The lowest BCUT2D eigenvalue weighted by molar-refractivity contribution is 0.570. The van der Waals surface area contributed by atoms with Crippen molar-refractivity contribution in [1.29, 1.82) is 0 Å². The highest BCUT2D eigenvalue weighted by Crippen LogP contribution is 2.30. The second-order valence-corrected chi connectivity index (χ2v) is 10.4. The van der Waals surface area contributed by atoms with Gasteiger partial charge in [0.15, 0.2) is 10.3 Å². The molecule has 0 amide bonds. The summed E-state index contributed by atoms with van der Waals surface area (Å²) in [5.41, 5.74) is 2.44. The lowest BCUT2D eigenvalue weighted by Crippen LogP contribution is -2.15. The molecule has 0 saturated carbocycles. The average molecular weight is 495 g/mol. The number of aromatic nitrogens is 2. The van der Waals surface area contributed by atoms with Gasteiger partial charge in [-0.1, -0.05) is 23.7 Å². The molecule has 6 nitrogen and oxygen atoms in total. The molecular weight excluding hydrogens is 479 g/mol. The average Bonchev–Trinajstić information content (AvgIpc) is 3.41. The van der Waals surface area contributed by atoms with Crippen LogP contribution in [0.3, 0.4) is 0 Å². The predicted octanol–water partition coefficient (Wildman–Crippen LogP) is 5.55. The van der Waals surface area contributed by atoms with E-state index in [1.807, 2.05) is 29.6 Å². The van der Waals surface area contributed by atoms with Gasteiger partial charge in [-0.3, -0.25) is 4.72 Å². The number of nitrogens with one attached hydrogen (secondary N) is 1. The van der Waals surface area contributed by atoms with Crippen LogP contribution in [0.4, 0.5) is 20.3 Å². The molecule has 0 unspecified atom stereocenters. The minimum Gasteiger partial charge on any atom is -0.321 e. The van der Waals surface area contributed by atoms with Crippen LogP contribution >= 0.6 is 34.3 Å². The van der Waals surface area contributed by atoms with Crippen molar-refractivity contribution in [3.8, 4) is 0 Å². The molecule has 1 N–H and O–H groups in total. The van der Waals surface area contributed by atoms with Gasteiger partial charge in [-0.25, -0.2) is 22.8 Å². The van der Waals surface area contributed by atoms with Crippen molar-refractivity contribution in [2.45, 2.75) is 11.3 Å². The molecule has 4 rings (SSSR count). The van der Waals surface area contributed by atoms with Gasteiger partial charge in [0.1, 0.15) is 10.7 Å². The standard InChI is InChI=1S/C20H16ClFN4O2S3/c1-26(20-24-15(12-30-20)10-13-2-4-14(21)5-3-13)16-6-7-18(17(22)11-16)31(27,28)25-19-23-8-9-29-19/h2-9,11-12H,10H2,1H3,(H,23,25). The molecule has 11 heteroatoms. The first-order valence-electron chi connectivity index (χ1n) is 8.96. The normalized spacial score (nSPS) is 11.5. The maximum atomic E-state index is 14.7. The monoisotopic (exact) mass is 494 g/mol. The van der Waals surface area contributed by atoms with E-state index in [0.717, 1.165) is 22.6 Å². The molecule has 0 aliphatic rings. The van der Waals surface area contributed by atoms with Crippen molar-refractivity contribution in [3.63, 3.8) is 0 Å². The fourth-order valence-corrected chi connectivity index (χ4v) is 5.60. The second-order valence-electron chi connectivity index (χ2n) is 6.54. The van der Waals surface area contributed by atoms with Crippen molar-refractivity contribution >= 4 is 60.2 Å². The zero-order valence-electron chi connectivity index (χ0n) is 16.1. The highest BCUT2D eigenvalue weighted by molar-refractivity contribution is 7.93. The van der Waals surface area contributed by atoms with E-state index >= 15 is 0 Å². The fourth-order valence-electron chi connectivity index (χ4n) is 2.81. The smallest absolute Gasteiger partial charge is 0.266 e. The molecule has 0 aliphatic carbocycles. The summed E-state index contributed by atoms with van der Waals surface area (Å²) in [6.07, 6.45) is 2.11. The maximum Gasteiger partial charge on any atom is 0.266 e. The zero-order chi connectivity index (χ0) is 22.0. The molecule has 4 aromatic rings. The van der Waals surface area contributed by atoms with Gasteiger partial charge in [0.25, 0.3) is 10.0 Å². The Morgan fingerprint density at radius 1 is 1.16 bits per heavy atom. The lowest BCUT2D eigenvalue weighted by Gasteiger charge is -2.17. The van der Waals surface area contributed by atoms with Crippen LogP contribution in [0.25, 0.3) is 0 Å². The third-order valence-corrected chi connectivity index (χ3v) is 7.78. The molecule has 0 aliphatic heterocycles. The van der Waals surface area contributed by atoms with Gasteiger partial charge in [-0.2, -0.15) is 0 Å². The number of benzene rings is 2. The van der Waals surface area contributed by atoms with Crippen molar-refractivity contribution in [3.05, 3.63) is 81.5 Å². The highest BCUT2D eigenvalue weighted by Gasteiger charge is 2.21. The quantitative estimate of drug-likeness (QED) is 0.364. The van der Waals surface area contributed by atoms with Crippen LogP contribution in [0, 0.1) is 5.82 Å². The Hall–Kier alpha value is -2.53. The van der Waals surface area contributed by atoms with Crippen molar-refractivity contribution in [1.82, 2.24) is 9.97 Å². The molecule has 0 fully saturated rings. The lowest BCUT2D eigenvalue weighted by atomic mass is 10.1. The van der Waals surface area contributed by atoms with Gasteiger partial charge >= 0.3 is 0 Å². The van der Waals surface area contributed by atoms with Gasteiger partial charge in [0.2, 0.25) is 0 Å². The summed E-state index contributed by atoms with van der Waals surface area (Å²) < 4.78 is 41.9. The predicted molar refractivity (Wildman–Crippen MR) is 124 cm³/mol. The first-order valence-corrected chi connectivity index (χ1v) is 12.6. The summed E-state index contributed by atoms with van der Waals surface area (Å²) in [6, 6.07) is 11.5. The van der Waals surface area contributed by atoms with E-state index < -0.39 is 20.7 Å². The van der Waals surface area contributed by atoms with Gasteiger partial charge < -0.3 is 4.90 Å². The number of thiazole rings is 2. The summed E-state index contributed by atoms with van der Waals surface area (Å²) in [4.78, 5) is 9.74. The van der Waals surface area contributed by atoms with E-state index in [1.54, 1.807) is 23.4 Å². The van der Waals surface area contributed by atoms with E-state index in [9.17, 15) is 12.8 Å². The molecule has 160 valence electrons. The molecule has 0 spiro atoms. The largest absolute Gasteiger partial charge is 0.321 e. The number of rotatable bonds is 7. The van der Waals surface area contributed by atoms with Gasteiger partial charge in [0.05, 0.1) is 5.69 Å². The summed E-state index contributed by atoms with van der Waals surface area (Å²) in [5, 5.41) is 5.09. The number of hydrogen-bond donors (Lipinski definition) is 1. The van der Waals surface area contributed by atoms with Crippen molar-refractivity contribution in [2.24, 2.45) is 0 Å². The molecule has 2 aromatic heterocycles. The first kappa shape index (κ1) is 21.7. The van der Waals surface area contributed by atoms with Crippen molar-refractivity contribution < 1.29 is 12.8 Å². The van der Waals surface area contributed by atoms with E-state index in [0.29, 0.717) is 22.3 Å². The van der Waals surface area contributed by atoms with Crippen LogP contribution in [0.15, 0.2) is 64.3 Å². The van der Waals surface area contributed by atoms with E-state index in [1.165, 1.54) is 29.7 Å². The molecule has 0 bridgehead atoms. The Bertz CT molecular complexity index is 1290. The number of anilines is 3. The molecule has 0 atom stereocenters. The third kappa shape index (κ3) is 5.04. The Morgan fingerprint density at radius 2 is 1.94 bits per heavy atom. The number of nitrogens with zero attached hydrogens (tertiary/aromatic N) is 3. The van der Waals surface area contributed by atoms with E-state index in [2.05, 4.69) is 14.7 Å². The molecule has 0 radical (unpaired) electrons. The molecule has 0 saturated heterocycles.